The standard InChI is InChI=1S/C15H10ClN3OS/c16-13-12(14(20)19-15-17-6-7-21-15)8-11(9-18-13)10-4-2-1-3-5-10/h1-9H,(H,17,19,20). The molecule has 4 nitrogen and oxygen atoms in total. The van der Waals surface area contributed by atoms with E-state index in [0.29, 0.717) is 10.7 Å². The number of nitrogens with zero attached hydrogens (tertiary/aromatic N) is 2. The van der Waals surface area contributed by atoms with Crippen LogP contribution < -0.4 is 5.32 Å². The molecular weight excluding hydrogens is 306 g/mol. The van der Waals surface area contributed by atoms with Crippen LogP contribution in [0.15, 0.2) is 54.2 Å². The van der Waals surface area contributed by atoms with Gasteiger partial charge < -0.3 is 0 Å². The van der Waals surface area contributed by atoms with Crippen LogP contribution in [0.2, 0.25) is 5.15 Å². The second-order valence-corrected chi connectivity index (χ2v) is 5.47. The zero-order valence-electron chi connectivity index (χ0n) is 10.8. The maximum Gasteiger partial charge on any atom is 0.260 e. The van der Waals surface area contributed by atoms with Gasteiger partial charge in [0, 0.05) is 23.3 Å². The number of amides is 1. The molecule has 0 fully saturated rings. The van der Waals surface area contributed by atoms with Crippen LogP contribution in [0.5, 0.6) is 0 Å². The zero-order valence-corrected chi connectivity index (χ0v) is 12.4. The number of carbonyl (C=O) groups excluding carboxylic acids is 1. The molecule has 1 aromatic carbocycles. The fourth-order valence-corrected chi connectivity index (χ4v) is 2.56. The van der Waals surface area contributed by atoms with Gasteiger partial charge in [0.15, 0.2) is 5.13 Å². The highest BCUT2D eigenvalue weighted by atomic mass is 35.5. The number of nitrogens with one attached hydrogen (secondary N) is 1. The number of benzene rings is 1. The van der Waals surface area contributed by atoms with E-state index in [2.05, 4.69) is 15.3 Å². The van der Waals surface area contributed by atoms with Crippen LogP contribution in [-0.2, 0) is 0 Å². The number of hydrogen-bond donors (Lipinski definition) is 1. The Balaban J connectivity index is 1.93. The largest absolute Gasteiger partial charge is 0.298 e. The molecule has 1 N–H and O–H groups in total. The quantitative estimate of drug-likeness (QED) is 0.740. The molecule has 0 saturated heterocycles. The molecule has 0 atom stereocenters. The highest BCUT2D eigenvalue weighted by Gasteiger charge is 2.14. The molecule has 0 saturated carbocycles. The van der Waals surface area contributed by atoms with Crippen molar-refractivity contribution >= 4 is 34.0 Å². The lowest BCUT2D eigenvalue weighted by Gasteiger charge is -2.07. The minimum atomic E-state index is -0.319. The Bertz CT molecular complexity index is 760. The van der Waals surface area contributed by atoms with E-state index in [9.17, 15) is 4.79 Å². The van der Waals surface area contributed by atoms with E-state index in [-0.39, 0.29) is 11.1 Å². The summed E-state index contributed by atoms with van der Waals surface area (Å²) in [5, 5.41) is 5.19. The summed E-state index contributed by atoms with van der Waals surface area (Å²) in [6.45, 7) is 0. The second kappa shape index (κ2) is 6.03. The van der Waals surface area contributed by atoms with E-state index in [1.807, 2.05) is 30.3 Å². The molecule has 3 rings (SSSR count). The molecule has 0 bridgehead atoms. The van der Waals surface area contributed by atoms with Gasteiger partial charge >= 0.3 is 0 Å². The van der Waals surface area contributed by atoms with E-state index < -0.39 is 0 Å². The molecular formula is C15H10ClN3OS. The average molecular weight is 316 g/mol. The molecule has 1 amide bonds. The van der Waals surface area contributed by atoms with Crippen LogP contribution in [0.4, 0.5) is 5.13 Å². The first-order valence-corrected chi connectivity index (χ1v) is 7.41. The molecule has 2 heterocycles. The van der Waals surface area contributed by atoms with Gasteiger partial charge in [0.25, 0.3) is 5.91 Å². The lowest BCUT2D eigenvalue weighted by Crippen LogP contribution is -2.13. The van der Waals surface area contributed by atoms with Crippen molar-refractivity contribution in [1.82, 2.24) is 9.97 Å². The summed E-state index contributed by atoms with van der Waals surface area (Å²) in [6.07, 6.45) is 3.28. The van der Waals surface area contributed by atoms with Crippen LogP contribution in [0.25, 0.3) is 11.1 Å². The second-order valence-electron chi connectivity index (χ2n) is 4.22. The van der Waals surface area contributed by atoms with E-state index in [1.54, 1.807) is 23.8 Å². The highest BCUT2D eigenvalue weighted by Crippen LogP contribution is 2.24. The van der Waals surface area contributed by atoms with Gasteiger partial charge in [0.2, 0.25) is 0 Å². The summed E-state index contributed by atoms with van der Waals surface area (Å²) in [5.41, 5.74) is 2.14. The van der Waals surface area contributed by atoms with E-state index >= 15 is 0 Å². The van der Waals surface area contributed by atoms with Gasteiger partial charge in [-0.05, 0) is 11.6 Å². The summed E-state index contributed by atoms with van der Waals surface area (Å²) in [6, 6.07) is 11.4. The van der Waals surface area contributed by atoms with Crippen molar-refractivity contribution in [2.75, 3.05) is 5.32 Å². The topological polar surface area (TPSA) is 54.9 Å². The summed E-state index contributed by atoms with van der Waals surface area (Å²) in [5.74, 6) is -0.319. The summed E-state index contributed by atoms with van der Waals surface area (Å²) < 4.78 is 0. The Morgan fingerprint density at radius 2 is 1.95 bits per heavy atom. The van der Waals surface area contributed by atoms with Gasteiger partial charge in [-0.2, -0.15) is 0 Å². The molecule has 0 unspecified atom stereocenters. The molecule has 3 aromatic rings. The van der Waals surface area contributed by atoms with Gasteiger partial charge in [-0.15, -0.1) is 11.3 Å². The van der Waals surface area contributed by atoms with Crippen molar-refractivity contribution in [3.05, 3.63) is 64.9 Å². The number of thiazole rings is 1. The predicted molar refractivity (Wildman–Crippen MR) is 84.8 cm³/mol. The van der Waals surface area contributed by atoms with Gasteiger partial charge in [0.05, 0.1) is 5.56 Å². The third-order valence-corrected chi connectivity index (χ3v) is 3.83. The van der Waals surface area contributed by atoms with Gasteiger partial charge in [-0.3, -0.25) is 10.1 Å². The van der Waals surface area contributed by atoms with Crippen molar-refractivity contribution < 1.29 is 4.79 Å². The van der Waals surface area contributed by atoms with Crippen LogP contribution in [0, 0.1) is 0 Å². The molecule has 0 aliphatic rings. The summed E-state index contributed by atoms with van der Waals surface area (Å²) in [4.78, 5) is 20.4. The number of aromatic nitrogens is 2. The van der Waals surface area contributed by atoms with Crippen LogP contribution in [0.3, 0.4) is 0 Å². The normalized spacial score (nSPS) is 10.3. The monoisotopic (exact) mass is 315 g/mol. The molecule has 0 radical (unpaired) electrons. The number of rotatable bonds is 3. The Labute approximate surface area is 130 Å². The SMILES string of the molecule is O=C(Nc1nccs1)c1cc(-c2ccccc2)cnc1Cl. The lowest BCUT2D eigenvalue weighted by molar-refractivity contribution is 0.102. The van der Waals surface area contributed by atoms with E-state index in [0.717, 1.165) is 11.1 Å². The van der Waals surface area contributed by atoms with Crippen molar-refractivity contribution in [2.24, 2.45) is 0 Å². The van der Waals surface area contributed by atoms with Crippen LogP contribution in [0.1, 0.15) is 10.4 Å². The molecule has 2 aromatic heterocycles. The van der Waals surface area contributed by atoms with Crippen LogP contribution >= 0.6 is 22.9 Å². The van der Waals surface area contributed by atoms with E-state index in [1.165, 1.54) is 11.3 Å². The Morgan fingerprint density at radius 1 is 1.14 bits per heavy atom. The summed E-state index contributed by atoms with van der Waals surface area (Å²) >= 11 is 7.38. The Hall–Kier alpha value is -2.24. The number of hydrogen-bond acceptors (Lipinski definition) is 4. The first kappa shape index (κ1) is 13.7. The van der Waals surface area contributed by atoms with Gasteiger partial charge in [-0.1, -0.05) is 41.9 Å². The summed E-state index contributed by atoms with van der Waals surface area (Å²) in [7, 11) is 0. The van der Waals surface area contributed by atoms with E-state index in [4.69, 9.17) is 11.6 Å². The number of halogens is 1. The average Bonchev–Trinajstić information content (AvgIpc) is 3.01. The molecule has 21 heavy (non-hydrogen) atoms. The van der Waals surface area contributed by atoms with Gasteiger partial charge in [0.1, 0.15) is 5.15 Å². The number of anilines is 1. The van der Waals surface area contributed by atoms with Crippen molar-refractivity contribution in [1.29, 1.82) is 0 Å². The minimum absolute atomic E-state index is 0.170. The minimum Gasteiger partial charge on any atom is -0.298 e. The fraction of sp³-hybridized carbons (Fsp3) is 0. The maximum atomic E-state index is 12.2. The first-order valence-electron chi connectivity index (χ1n) is 6.16. The lowest BCUT2D eigenvalue weighted by atomic mass is 10.1. The van der Waals surface area contributed by atoms with Crippen molar-refractivity contribution in [2.45, 2.75) is 0 Å². The fourth-order valence-electron chi connectivity index (χ4n) is 1.85. The first-order chi connectivity index (χ1) is 10.2. The maximum absolute atomic E-state index is 12.2. The predicted octanol–water partition coefficient (Wildman–Crippen LogP) is 4.11. The van der Waals surface area contributed by atoms with Crippen molar-refractivity contribution in [3.8, 4) is 11.1 Å². The smallest absolute Gasteiger partial charge is 0.260 e. The third-order valence-electron chi connectivity index (χ3n) is 2.84. The zero-order chi connectivity index (χ0) is 14.7. The molecule has 0 aliphatic heterocycles. The molecule has 104 valence electrons. The van der Waals surface area contributed by atoms with Crippen molar-refractivity contribution in [3.63, 3.8) is 0 Å². The Morgan fingerprint density at radius 3 is 2.67 bits per heavy atom. The Kier molecular flexibility index (Phi) is 3.94. The van der Waals surface area contributed by atoms with Gasteiger partial charge in [-0.25, -0.2) is 9.97 Å². The molecule has 6 heteroatoms. The highest BCUT2D eigenvalue weighted by molar-refractivity contribution is 7.13. The number of carbonyl (C=O) groups is 1. The molecule has 0 spiro atoms. The number of pyridine rings is 1. The molecule has 0 aliphatic carbocycles. The van der Waals surface area contributed by atoms with Crippen LogP contribution in [-0.4, -0.2) is 15.9 Å². The third kappa shape index (κ3) is 3.09.